The maximum absolute atomic E-state index is 12.6. The van der Waals surface area contributed by atoms with E-state index in [0.29, 0.717) is 5.56 Å². The third kappa shape index (κ3) is 5.04. The van der Waals surface area contributed by atoms with Gasteiger partial charge in [0.2, 0.25) is 0 Å². The molecule has 0 radical (unpaired) electrons. The van der Waals surface area contributed by atoms with Gasteiger partial charge in [0.15, 0.2) is 5.76 Å². The maximum Gasteiger partial charge on any atom is 0.416 e. The molecule has 1 amide bonds. The normalized spacial score (nSPS) is 12.1. The zero-order chi connectivity index (χ0) is 20.0. The van der Waals surface area contributed by atoms with Crippen LogP contribution < -0.4 is 11.1 Å². The number of alkyl halides is 3. The Bertz CT molecular complexity index is 859. The van der Waals surface area contributed by atoms with Gasteiger partial charge in [-0.25, -0.2) is 0 Å². The number of para-hydroxylation sites is 1. The lowest BCUT2D eigenvalue weighted by molar-refractivity contribution is -0.137. The first kappa shape index (κ1) is 19.9. The average Bonchev–Trinajstić information content (AvgIpc) is 2.64. The SMILES string of the molecule is C=CO/C(=C(\N)C(=O)NCc1ccc(C(F)(F)F)cc1)c1ccccc1O. The second-order valence-electron chi connectivity index (χ2n) is 5.42. The minimum absolute atomic E-state index is 0.0419. The van der Waals surface area contributed by atoms with Crippen LogP contribution in [0.4, 0.5) is 13.2 Å². The molecule has 0 aliphatic rings. The molecule has 0 bridgehead atoms. The number of nitrogens with two attached hydrogens (primary N) is 1. The van der Waals surface area contributed by atoms with Gasteiger partial charge in [0, 0.05) is 6.54 Å². The minimum atomic E-state index is -4.43. The lowest BCUT2D eigenvalue weighted by Crippen LogP contribution is -2.29. The molecule has 0 saturated carbocycles. The zero-order valence-corrected chi connectivity index (χ0v) is 14.1. The zero-order valence-electron chi connectivity index (χ0n) is 14.1. The van der Waals surface area contributed by atoms with Crippen molar-refractivity contribution in [2.24, 2.45) is 5.73 Å². The molecule has 0 fully saturated rings. The van der Waals surface area contributed by atoms with Gasteiger partial charge < -0.3 is 20.9 Å². The molecule has 0 heterocycles. The number of halogens is 3. The number of amides is 1. The molecule has 0 unspecified atom stereocenters. The summed E-state index contributed by atoms with van der Waals surface area (Å²) in [5, 5.41) is 12.4. The summed E-state index contributed by atoms with van der Waals surface area (Å²) in [6.07, 6.45) is -3.37. The molecule has 0 spiro atoms. The third-order valence-corrected chi connectivity index (χ3v) is 3.57. The van der Waals surface area contributed by atoms with E-state index < -0.39 is 17.6 Å². The Labute approximate surface area is 153 Å². The Kier molecular flexibility index (Phi) is 6.12. The first-order valence-electron chi connectivity index (χ1n) is 7.74. The van der Waals surface area contributed by atoms with Gasteiger partial charge in [-0.2, -0.15) is 13.2 Å². The molecule has 5 nitrogen and oxygen atoms in total. The summed E-state index contributed by atoms with van der Waals surface area (Å²) in [7, 11) is 0. The summed E-state index contributed by atoms with van der Waals surface area (Å²) in [6.45, 7) is 3.36. The largest absolute Gasteiger partial charge is 0.507 e. The topological polar surface area (TPSA) is 84.6 Å². The number of aromatic hydroxyl groups is 1. The van der Waals surface area contributed by atoms with Crippen molar-refractivity contribution in [3.05, 3.63) is 83.8 Å². The highest BCUT2D eigenvalue weighted by atomic mass is 19.4. The molecule has 142 valence electrons. The van der Waals surface area contributed by atoms with Crippen LogP contribution in [0.15, 0.2) is 67.1 Å². The first-order valence-corrected chi connectivity index (χ1v) is 7.74. The Morgan fingerprint density at radius 2 is 1.81 bits per heavy atom. The van der Waals surface area contributed by atoms with E-state index in [1.54, 1.807) is 12.1 Å². The highest BCUT2D eigenvalue weighted by molar-refractivity contribution is 5.99. The predicted molar refractivity (Wildman–Crippen MR) is 93.8 cm³/mol. The van der Waals surface area contributed by atoms with Gasteiger partial charge in [-0.3, -0.25) is 4.79 Å². The van der Waals surface area contributed by atoms with E-state index >= 15 is 0 Å². The van der Waals surface area contributed by atoms with Crippen molar-refractivity contribution in [3.8, 4) is 5.75 Å². The molecular formula is C19H17F3N2O3. The van der Waals surface area contributed by atoms with E-state index in [9.17, 15) is 23.1 Å². The standard InChI is InChI=1S/C19H17F3N2O3/c1-2-27-17(14-5-3-4-6-15(14)25)16(23)18(26)24-11-12-7-9-13(10-8-12)19(20,21)22/h2-10,25H,1,11,23H2,(H,24,26)/b17-16-. The van der Waals surface area contributed by atoms with Crippen molar-refractivity contribution in [1.29, 1.82) is 0 Å². The summed E-state index contributed by atoms with van der Waals surface area (Å²) in [5.41, 5.74) is 5.38. The van der Waals surface area contributed by atoms with Crippen LogP contribution >= 0.6 is 0 Å². The fourth-order valence-electron chi connectivity index (χ4n) is 2.21. The molecule has 0 saturated heterocycles. The number of hydrogen-bond acceptors (Lipinski definition) is 4. The van der Waals surface area contributed by atoms with Crippen molar-refractivity contribution in [2.45, 2.75) is 12.7 Å². The van der Waals surface area contributed by atoms with Gasteiger partial charge in [-0.05, 0) is 29.8 Å². The van der Waals surface area contributed by atoms with Crippen LogP contribution in [-0.2, 0) is 22.3 Å². The first-order chi connectivity index (χ1) is 12.7. The predicted octanol–water partition coefficient (Wildman–Crippen LogP) is 3.51. The number of phenolic OH excluding ortho intramolecular Hbond substituents is 1. The summed E-state index contributed by atoms with van der Waals surface area (Å²) in [4.78, 5) is 12.3. The van der Waals surface area contributed by atoms with Crippen LogP contribution in [0.3, 0.4) is 0 Å². The van der Waals surface area contributed by atoms with Crippen molar-refractivity contribution < 1.29 is 27.8 Å². The van der Waals surface area contributed by atoms with E-state index in [2.05, 4.69) is 11.9 Å². The fourth-order valence-corrected chi connectivity index (χ4v) is 2.21. The van der Waals surface area contributed by atoms with Gasteiger partial charge >= 0.3 is 6.18 Å². The van der Waals surface area contributed by atoms with Crippen molar-refractivity contribution in [1.82, 2.24) is 5.32 Å². The minimum Gasteiger partial charge on any atom is -0.507 e. The van der Waals surface area contributed by atoms with E-state index in [0.717, 1.165) is 18.4 Å². The number of carbonyl (C=O) groups is 1. The molecule has 8 heteroatoms. The Balaban J connectivity index is 2.16. The molecule has 0 atom stereocenters. The summed E-state index contributed by atoms with van der Waals surface area (Å²) >= 11 is 0. The monoisotopic (exact) mass is 378 g/mol. The summed E-state index contributed by atoms with van der Waals surface area (Å²) in [5.74, 6) is -0.948. The number of carbonyl (C=O) groups excluding carboxylic acids is 1. The molecule has 2 rings (SSSR count). The van der Waals surface area contributed by atoms with Crippen LogP contribution in [0.2, 0.25) is 0 Å². The van der Waals surface area contributed by atoms with E-state index in [1.165, 1.54) is 24.3 Å². The molecule has 27 heavy (non-hydrogen) atoms. The highest BCUT2D eigenvalue weighted by Crippen LogP contribution is 2.29. The second-order valence-corrected chi connectivity index (χ2v) is 5.42. The van der Waals surface area contributed by atoms with Crippen LogP contribution in [-0.4, -0.2) is 11.0 Å². The van der Waals surface area contributed by atoms with Crippen molar-refractivity contribution >= 4 is 11.7 Å². The Morgan fingerprint density at radius 1 is 1.19 bits per heavy atom. The number of benzene rings is 2. The van der Waals surface area contributed by atoms with Crippen LogP contribution in [0.1, 0.15) is 16.7 Å². The number of ether oxygens (including phenoxy) is 1. The van der Waals surface area contributed by atoms with Gasteiger partial charge in [-0.15, -0.1) is 0 Å². The number of rotatable bonds is 6. The van der Waals surface area contributed by atoms with E-state index in [4.69, 9.17) is 10.5 Å². The molecule has 0 aliphatic heterocycles. The lowest BCUT2D eigenvalue weighted by atomic mass is 10.1. The molecule has 0 aromatic heterocycles. The fraction of sp³-hybridized carbons (Fsp3) is 0.105. The van der Waals surface area contributed by atoms with Crippen molar-refractivity contribution in [3.63, 3.8) is 0 Å². The Morgan fingerprint density at radius 3 is 2.37 bits per heavy atom. The second kappa shape index (κ2) is 8.31. The highest BCUT2D eigenvalue weighted by Gasteiger charge is 2.29. The van der Waals surface area contributed by atoms with Gasteiger partial charge in [0.05, 0.1) is 17.4 Å². The molecule has 2 aromatic rings. The molecule has 0 aliphatic carbocycles. The van der Waals surface area contributed by atoms with Crippen LogP contribution in [0.25, 0.3) is 5.76 Å². The molecule has 4 N–H and O–H groups in total. The van der Waals surface area contributed by atoms with Gasteiger partial charge in [0.1, 0.15) is 11.4 Å². The lowest BCUT2D eigenvalue weighted by Gasteiger charge is -2.13. The Hall–Kier alpha value is -3.42. The average molecular weight is 378 g/mol. The maximum atomic E-state index is 12.6. The summed E-state index contributed by atoms with van der Waals surface area (Å²) < 4.78 is 42.8. The number of phenols is 1. The molecular weight excluding hydrogens is 361 g/mol. The smallest absolute Gasteiger partial charge is 0.416 e. The third-order valence-electron chi connectivity index (χ3n) is 3.57. The number of nitrogens with one attached hydrogen (secondary N) is 1. The number of hydrogen-bond donors (Lipinski definition) is 3. The van der Waals surface area contributed by atoms with Gasteiger partial charge in [-0.1, -0.05) is 30.8 Å². The quantitative estimate of drug-likeness (QED) is 0.531. The summed E-state index contributed by atoms with van der Waals surface area (Å²) in [6, 6.07) is 10.5. The van der Waals surface area contributed by atoms with Gasteiger partial charge in [0.25, 0.3) is 5.91 Å². The molecule has 2 aromatic carbocycles. The van der Waals surface area contributed by atoms with Crippen molar-refractivity contribution in [2.75, 3.05) is 0 Å². The van der Waals surface area contributed by atoms with Crippen LogP contribution in [0.5, 0.6) is 5.75 Å². The van der Waals surface area contributed by atoms with E-state index in [-0.39, 0.29) is 29.3 Å². The van der Waals surface area contributed by atoms with Crippen LogP contribution in [0, 0.1) is 0 Å². The van der Waals surface area contributed by atoms with E-state index in [1.807, 2.05) is 0 Å².